The van der Waals surface area contributed by atoms with Gasteiger partial charge in [-0.3, -0.25) is 9.59 Å². The van der Waals surface area contributed by atoms with Crippen molar-refractivity contribution in [1.29, 1.82) is 0 Å². The number of carbonyl (C=O) groups excluding carboxylic acids is 1. The van der Waals surface area contributed by atoms with E-state index in [1.165, 1.54) is 0 Å². The van der Waals surface area contributed by atoms with Crippen molar-refractivity contribution in [2.45, 2.75) is 26.3 Å². The Morgan fingerprint density at radius 3 is 2.81 bits per heavy atom. The Bertz CT molecular complexity index is 718. The van der Waals surface area contributed by atoms with E-state index in [1.54, 1.807) is 22.9 Å². The summed E-state index contributed by atoms with van der Waals surface area (Å²) in [5.41, 5.74) is 1.24. The maximum Gasteiger partial charge on any atom is 0.311 e. The van der Waals surface area contributed by atoms with Gasteiger partial charge in [-0.05, 0) is 38.0 Å². The third-order valence-corrected chi connectivity index (χ3v) is 3.97. The van der Waals surface area contributed by atoms with E-state index >= 15 is 0 Å². The first-order chi connectivity index (χ1) is 10.1. The Kier molecular flexibility index (Phi) is 3.12. The van der Waals surface area contributed by atoms with Crippen molar-refractivity contribution in [2.75, 3.05) is 6.54 Å². The summed E-state index contributed by atoms with van der Waals surface area (Å²) in [5.74, 6) is -1.13. The Labute approximate surface area is 120 Å². The zero-order valence-corrected chi connectivity index (χ0v) is 11.7. The summed E-state index contributed by atoms with van der Waals surface area (Å²) in [4.78, 5) is 23.2. The molecule has 7 nitrogen and oxygen atoms in total. The predicted molar refractivity (Wildman–Crippen MR) is 74.8 cm³/mol. The first-order valence-electron chi connectivity index (χ1n) is 6.90. The van der Waals surface area contributed by atoms with Gasteiger partial charge >= 0.3 is 5.97 Å². The molecule has 0 bridgehead atoms. The Morgan fingerprint density at radius 2 is 2.19 bits per heavy atom. The van der Waals surface area contributed by atoms with Crippen LogP contribution in [0.15, 0.2) is 18.2 Å². The zero-order chi connectivity index (χ0) is 15.0. The van der Waals surface area contributed by atoms with Crippen molar-refractivity contribution in [3.05, 3.63) is 23.8 Å². The normalized spacial score (nSPS) is 15.9. The molecule has 0 saturated heterocycles. The number of aliphatic carboxylic acids is 1. The fourth-order valence-corrected chi connectivity index (χ4v) is 2.32. The summed E-state index contributed by atoms with van der Waals surface area (Å²) in [6, 6.07) is 5.18. The molecule has 21 heavy (non-hydrogen) atoms. The number of nitrogens with one attached hydrogen (secondary N) is 1. The highest BCUT2D eigenvalue weighted by Crippen LogP contribution is 2.45. The number of hydrogen-bond acceptors (Lipinski definition) is 4. The largest absolute Gasteiger partial charge is 0.481 e. The molecule has 1 heterocycles. The predicted octanol–water partition coefficient (Wildman–Crippen LogP) is 1.05. The summed E-state index contributed by atoms with van der Waals surface area (Å²) in [6.07, 6.45) is 1.24. The Hall–Kier alpha value is -2.44. The number of carbonyl (C=O) groups is 2. The van der Waals surface area contributed by atoms with E-state index in [1.807, 2.05) is 6.92 Å². The smallest absolute Gasteiger partial charge is 0.311 e. The molecule has 1 aromatic heterocycles. The first-order valence-corrected chi connectivity index (χ1v) is 6.90. The van der Waals surface area contributed by atoms with Crippen LogP contribution in [0.3, 0.4) is 0 Å². The van der Waals surface area contributed by atoms with Gasteiger partial charge in [-0.2, -0.15) is 0 Å². The fourth-order valence-electron chi connectivity index (χ4n) is 2.32. The molecule has 2 aromatic rings. The maximum absolute atomic E-state index is 12.1. The topological polar surface area (TPSA) is 97.1 Å². The number of fused-ring (bicyclic) bond motifs is 1. The molecule has 2 N–H and O–H groups in total. The minimum Gasteiger partial charge on any atom is -0.481 e. The van der Waals surface area contributed by atoms with Crippen LogP contribution in [0.5, 0.6) is 0 Å². The van der Waals surface area contributed by atoms with E-state index < -0.39 is 11.4 Å². The molecule has 1 aromatic carbocycles. The van der Waals surface area contributed by atoms with Crippen molar-refractivity contribution in [3.8, 4) is 0 Å². The number of aromatic nitrogens is 3. The van der Waals surface area contributed by atoms with E-state index in [-0.39, 0.29) is 12.5 Å². The van der Waals surface area contributed by atoms with Gasteiger partial charge in [-0.25, -0.2) is 4.68 Å². The summed E-state index contributed by atoms with van der Waals surface area (Å²) >= 11 is 0. The molecule has 110 valence electrons. The molecule has 7 heteroatoms. The average molecular weight is 288 g/mol. The molecule has 0 unspecified atom stereocenters. The second kappa shape index (κ2) is 4.83. The molecular formula is C14H16N4O3. The van der Waals surface area contributed by atoms with Crippen LogP contribution in [0.4, 0.5) is 0 Å². The molecule has 0 radical (unpaired) electrons. The van der Waals surface area contributed by atoms with Crippen LogP contribution in [0.25, 0.3) is 11.0 Å². The summed E-state index contributed by atoms with van der Waals surface area (Å²) in [6.45, 7) is 2.85. The lowest BCUT2D eigenvalue weighted by Gasteiger charge is -2.11. The second-order valence-corrected chi connectivity index (χ2v) is 5.38. The molecule has 1 aliphatic rings. The standard InChI is InChI=1S/C14H16N4O3/c1-2-18-11-4-3-9(7-10(11)16-17-18)12(19)15-8-14(5-6-14)13(20)21/h3-4,7H,2,5-6,8H2,1H3,(H,15,19)(H,20,21). The van der Waals surface area contributed by atoms with Crippen LogP contribution >= 0.6 is 0 Å². The minimum absolute atomic E-state index is 0.168. The third-order valence-electron chi connectivity index (χ3n) is 3.97. The van der Waals surface area contributed by atoms with Gasteiger partial charge < -0.3 is 10.4 Å². The van der Waals surface area contributed by atoms with E-state index in [0.29, 0.717) is 30.5 Å². The van der Waals surface area contributed by atoms with E-state index in [9.17, 15) is 9.59 Å². The van der Waals surface area contributed by atoms with Gasteiger partial charge in [0.25, 0.3) is 5.91 Å². The first kappa shape index (κ1) is 13.5. The van der Waals surface area contributed by atoms with Gasteiger partial charge in [0.1, 0.15) is 5.52 Å². The van der Waals surface area contributed by atoms with Crippen molar-refractivity contribution in [3.63, 3.8) is 0 Å². The molecule has 1 saturated carbocycles. The van der Waals surface area contributed by atoms with Crippen LogP contribution in [-0.2, 0) is 11.3 Å². The summed E-state index contributed by atoms with van der Waals surface area (Å²) < 4.78 is 1.75. The van der Waals surface area contributed by atoms with Gasteiger partial charge in [0.15, 0.2) is 0 Å². The zero-order valence-electron chi connectivity index (χ0n) is 11.7. The van der Waals surface area contributed by atoms with Crippen LogP contribution in [-0.4, -0.2) is 38.5 Å². The monoisotopic (exact) mass is 288 g/mol. The Morgan fingerprint density at radius 1 is 1.43 bits per heavy atom. The van der Waals surface area contributed by atoms with Crippen molar-refractivity contribution in [1.82, 2.24) is 20.3 Å². The number of hydrogen-bond donors (Lipinski definition) is 2. The van der Waals surface area contributed by atoms with Crippen molar-refractivity contribution in [2.24, 2.45) is 5.41 Å². The highest BCUT2D eigenvalue weighted by atomic mass is 16.4. The highest BCUT2D eigenvalue weighted by molar-refractivity contribution is 5.97. The number of nitrogens with zero attached hydrogens (tertiary/aromatic N) is 3. The minimum atomic E-state index is -0.843. The van der Waals surface area contributed by atoms with Gasteiger partial charge in [-0.15, -0.1) is 5.10 Å². The number of aryl methyl sites for hydroxylation is 1. The fraction of sp³-hybridized carbons (Fsp3) is 0.429. The maximum atomic E-state index is 12.1. The lowest BCUT2D eigenvalue weighted by atomic mass is 10.1. The molecule has 1 amide bonds. The lowest BCUT2D eigenvalue weighted by Crippen LogP contribution is -2.34. The van der Waals surface area contributed by atoms with E-state index in [2.05, 4.69) is 15.6 Å². The van der Waals surface area contributed by atoms with E-state index in [4.69, 9.17) is 5.11 Å². The second-order valence-electron chi connectivity index (χ2n) is 5.38. The molecule has 0 aliphatic heterocycles. The Balaban J connectivity index is 1.74. The van der Waals surface area contributed by atoms with Gasteiger partial charge in [0.2, 0.25) is 0 Å². The quantitative estimate of drug-likeness (QED) is 0.857. The van der Waals surface area contributed by atoms with Crippen LogP contribution in [0.2, 0.25) is 0 Å². The summed E-state index contributed by atoms with van der Waals surface area (Å²) in [5, 5.41) is 19.8. The van der Waals surface area contributed by atoms with Gasteiger partial charge in [0.05, 0.1) is 10.9 Å². The van der Waals surface area contributed by atoms with Crippen LogP contribution in [0, 0.1) is 5.41 Å². The molecule has 1 fully saturated rings. The van der Waals surface area contributed by atoms with Crippen molar-refractivity contribution >= 4 is 22.9 Å². The van der Waals surface area contributed by atoms with Crippen LogP contribution < -0.4 is 5.32 Å². The molecule has 0 atom stereocenters. The van der Waals surface area contributed by atoms with Gasteiger partial charge in [0, 0.05) is 18.7 Å². The third kappa shape index (κ3) is 2.35. The van der Waals surface area contributed by atoms with Crippen molar-refractivity contribution < 1.29 is 14.7 Å². The number of carboxylic acid groups (broad SMARTS) is 1. The van der Waals surface area contributed by atoms with Gasteiger partial charge in [-0.1, -0.05) is 5.21 Å². The number of amides is 1. The van der Waals surface area contributed by atoms with E-state index in [0.717, 1.165) is 5.52 Å². The number of rotatable bonds is 5. The molecule has 0 spiro atoms. The number of benzene rings is 1. The summed E-state index contributed by atoms with van der Waals surface area (Å²) in [7, 11) is 0. The lowest BCUT2D eigenvalue weighted by molar-refractivity contribution is -0.143. The molecule has 1 aliphatic carbocycles. The molecule has 3 rings (SSSR count). The molecular weight excluding hydrogens is 272 g/mol. The SMILES string of the molecule is CCn1nnc2cc(C(=O)NCC3(C(=O)O)CC3)ccc21. The van der Waals surface area contributed by atoms with Crippen LogP contribution in [0.1, 0.15) is 30.1 Å². The number of carboxylic acids is 1. The average Bonchev–Trinajstić information content (AvgIpc) is 3.17. The highest BCUT2D eigenvalue weighted by Gasteiger charge is 2.50.